The third kappa shape index (κ3) is 2.69. The molecule has 2 atom stereocenters. The second-order valence-corrected chi connectivity index (χ2v) is 6.20. The first-order valence-electron chi connectivity index (χ1n) is 7.73. The minimum absolute atomic E-state index is 0.0766. The minimum atomic E-state index is -0.779. The molecule has 1 aliphatic heterocycles. The largest absolute Gasteiger partial charge is 0.391 e. The molecular formula is C17H19F2N3O2. The van der Waals surface area contributed by atoms with E-state index in [0.717, 1.165) is 18.2 Å². The van der Waals surface area contributed by atoms with Gasteiger partial charge >= 0.3 is 0 Å². The van der Waals surface area contributed by atoms with Crippen LogP contribution >= 0.6 is 0 Å². The van der Waals surface area contributed by atoms with E-state index in [2.05, 4.69) is 5.10 Å². The number of aryl methyl sites for hydroxylation is 2. The zero-order valence-electron chi connectivity index (χ0n) is 13.8. The Balaban J connectivity index is 2.02. The molecule has 3 rings (SSSR count). The number of aromatic nitrogens is 2. The molecule has 0 spiro atoms. The standard InChI is InChI=1S/C17H19F2N3O2/c1-9-16(10(2)21(3)20-9)17(24)22-8-12(23)7-15(22)13-6-11(18)4-5-14(13)19/h4-6,12,15,23H,7-8H2,1-3H3/t12-,15+/m0/s1. The fourth-order valence-electron chi connectivity index (χ4n) is 3.33. The van der Waals surface area contributed by atoms with Crippen molar-refractivity contribution in [2.75, 3.05) is 6.54 Å². The summed E-state index contributed by atoms with van der Waals surface area (Å²) in [5, 5.41) is 14.2. The number of aliphatic hydroxyl groups is 1. The van der Waals surface area contributed by atoms with Crippen LogP contribution in [0.2, 0.25) is 0 Å². The summed E-state index contributed by atoms with van der Waals surface area (Å²) >= 11 is 0. The number of halogens is 2. The molecule has 1 amide bonds. The Labute approximate surface area is 138 Å². The van der Waals surface area contributed by atoms with Gasteiger partial charge in [-0.1, -0.05) is 0 Å². The number of hydrogen-bond donors (Lipinski definition) is 1. The Morgan fingerprint density at radius 2 is 2.04 bits per heavy atom. The average molecular weight is 335 g/mol. The Kier molecular flexibility index (Phi) is 4.13. The molecule has 2 heterocycles. The van der Waals surface area contributed by atoms with E-state index in [-0.39, 0.29) is 24.4 Å². The number of β-amino-alcohol motifs (C(OH)–C–C–N with tert-alkyl or cyclic N) is 1. The zero-order valence-corrected chi connectivity index (χ0v) is 13.8. The predicted molar refractivity (Wildman–Crippen MR) is 83.4 cm³/mol. The fourth-order valence-corrected chi connectivity index (χ4v) is 3.33. The molecule has 2 aromatic rings. The van der Waals surface area contributed by atoms with Crippen molar-refractivity contribution in [3.05, 3.63) is 52.3 Å². The van der Waals surface area contributed by atoms with E-state index < -0.39 is 23.8 Å². The van der Waals surface area contributed by atoms with E-state index in [1.165, 1.54) is 4.90 Å². The molecule has 5 nitrogen and oxygen atoms in total. The molecule has 0 unspecified atom stereocenters. The van der Waals surface area contributed by atoms with Crippen LogP contribution in [0.4, 0.5) is 8.78 Å². The van der Waals surface area contributed by atoms with Crippen LogP contribution in [-0.2, 0) is 7.05 Å². The van der Waals surface area contributed by atoms with Crippen molar-refractivity contribution in [2.24, 2.45) is 7.05 Å². The highest BCUT2D eigenvalue weighted by molar-refractivity contribution is 5.97. The van der Waals surface area contributed by atoms with Crippen LogP contribution in [0, 0.1) is 25.5 Å². The molecule has 0 saturated carbocycles. The SMILES string of the molecule is Cc1nn(C)c(C)c1C(=O)N1C[C@@H](O)C[C@@H]1c1cc(F)ccc1F. The van der Waals surface area contributed by atoms with Crippen molar-refractivity contribution >= 4 is 5.91 Å². The summed E-state index contributed by atoms with van der Waals surface area (Å²) in [5.74, 6) is -1.50. The lowest BCUT2D eigenvalue weighted by Crippen LogP contribution is -2.33. The third-order valence-corrected chi connectivity index (χ3v) is 4.58. The molecule has 24 heavy (non-hydrogen) atoms. The normalized spacial score (nSPS) is 20.7. The maximum absolute atomic E-state index is 14.1. The van der Waals surface area contributed by atoms with E-state index in [1.54, 1.807) is 25.6 Å². The lowest BCUT2D eigenvalue weighted by molar-refractivity contribution is 0.0712. The monoisotopic (exact) mass is 335 g/mol. The number of hydrogen-bond acceptors (Lipinski definition) is 3. The van der Waals surface area contributed by atoms with Gasteiger partial charge in [-0.05, 0) is 38.5 Å². The van der Waals surface area contributed by atoms with Crippen molar-refractivity contribution in [3.8, 4) is 0 Å². The number of nitrogens with zero attached hydrogens (tertiary/aromatic N) is 3. The summed E-state index contributed by atoms with van der Waals surface area (Å²) in [6.45, 7) is 3.58. The quantitative estimate of drug-likeness (QED) is 0.916. The Morgan fingerprint density at radius 1 is 1.33 bits per heavy atom. The van der Waals surface area contributed by atoms with E-state index in [0.29, 0.717) is 17.0 Å². The molecule has 0 bridgehead atoms. The van der Waals surface area contributed by atoms with Crippen molar-refractivity contribution in [1.82, 2.24) is 14.7 Å². The van der Waals surface area contributed by atoms with Crippen LogP contribution in [0.1, 0.15) is 39.8 Å². The van der Waals surface area contributed by atoms with Gasteiger partial charge in [-0.25, -0.2) is 8.78 Å². The van der Waals surface area contributed by atoms with E-state index >= 15 is 0 Å². The van der Waals surface area contributed by atoms with Crippen LogP contribution in [0.25, 0.3) is 0 Å². The van der Waals surface area contributed by atoms with Crippen LogP contribution in [0.5, 0.6) is 0 Å². The molecule has 0 aliphatic carbocycles. The summed E-state index contributed by atoms with van der Waals surface area (Å²) in [5.41, 5.74) is 1.78. The van der Waals surface area contributed by atoms with E-state index in [9.17, 15) is 18.7 Å². The summed E-state index contributed by atoms with van der Waals surface area (Å²) < 4.78 is 29.3. The van der Waals surface area contributed by atoms with Gasteiger partial charge < -0.3 is 10.0 Å². The van der Waals surface area contributed by atoms with E-state index in [1.807, 2.05) is 0 Å². The summed E-state index contributed by atoms with van der Waals surface area (Å²) in [6, 6.07) is 2.45. The van der Waals surface area contributed by atoms with E-state index in [4.69, 9.17) is 0 Å². The number of benzene rings is 1. The zero-order chi connectivity index (χ0) is 17.6. The number of aliphatic hydroxyl groups excluding tert-OH is 1. The van der Waals surface area contributed by atoms with Gasteiger partial charge in [-0.2, -0.15) is 5.10 Å². The molecule has 7 heteroatoms. The van der Waals surface area contributed by atoms with Crippen LogP contribution < -0.4 is 0 Å². The second-order valence-electron chi connectivity index (χ2n) is 6.20. The number of amides is 1. The summed E-state index contributed by atoms with van der Waals surface area (Å²) in [6.07, 6.45) is -0.608. The summed E-state index contributed by atoms with van der Waals surface area (Å²) in [7, 11) is 1.74. The lowest BCUT2D eigenvalue weighted by atomic mass is 10.0. The topological polar surface area (TPSA) is 58.4 Å². The highest BCUT2D eigenvalue weighted by Gasteiger charge is 2.38. The number of carbonyl (C=O) groups is 1. The van der Waals surface area contributed by atoms with Gasteiger partial charge in [-0.3, -0.25) is 9.48 Å². The number of carbonyl (C=O) groups excluding carboxylic acids is 1. The molecule has 0 radical (unpaired) electrons. The Bertz CT molecular complexity index is 803. The molecule has 1 aliphatic rings. The van der Waals surface area contributed by atoms with Gasteiger partial charge in [0, 0.05) is 24.8 Å². The molecule has 1 N–H and O–H groups in total. The molecule has 1 aromatic carbocycles. The van der Waals surface area contributed by atoms with Crippen molar-refractivity contribution < 1.29 is 18.7 Å². The van der Waals surface area contributed by atoms with Gasteiger partial charge in [-0.15, -0.1) is 0 Å². The smallest absolute Gasteiger partial charge is 0.258 e. The summed E-state index contributed by atoms with van der Waals surface area (Å²) in [4.78, 5) is 14.4. The molecule has 1 aromatic heterocycles. The van der Waals surface area contributed by atoms with Gasteiger partial charge in [0.2, 0.25) is 0 Å². The molecule has 1 saturated heterocycles. The Hall–Kier alpha value is -2.28. The third-order valence-electron chi connectivity index (χ3n) is 4.58. The van der Waals surface area contributed by atoms with Crippen LogP contribution in [-0.4, -0.2) is 38.3 Å². The Morgan fingerprint density at radius 3 is 2.67 bits per heavy atom. The maximum atomic E-state index is 14.1. The van der Waals surface area contributed by atoms with Crippen molar-refractivity contribution in [2.45, 2.75) is 32.4 Å². The van der Waals surface area contributed by atoms with Crippen LogP contribution in [0.3, 0.4) is 0 Å². The van der Waals surface area contributed by atoms with Gasteiger partial charge in [0.1, 0.15) is 11.6 Å². The highest BCUT2D eigenvalue weighted by atomic mass is 19.1. The lowest BCUT2D eigenvalue weighted by Gasteiger charge is -2.25. The van der Waals surface area contributed by atoms with Gasteiger partial charge in [0.15, 0.2) is 0 Å². The molecular weight excluding hydrogens is 316 g/mol. The van der Waals surface area contributed by atoms with Gasteiger partial charge in [0.05, 0.1) is 23.4 Å². The van der Waals surface area contributed by atoms with Gasteiger partial charge in [0.25, 0.3) is 5.91 Å². The first-order valence-corrected chi connectivity index (χ1v) is 7.73. The van der Waals surface area contributed by atoms with Crippen LogP contribution in [0.15, 0.2) is 18.2 Å². The maximum Gasteiger partial charge on any atom is 0.258 e. The minimum Gasteiger partial charge on any atom is -0.391 e. The first kappa shape index (κ1) is 16.6. The molecule has 128 valence electrons. The number of likely N-dealkylation sites (tertiary alicyclic amines) is 1. The molecule has 1 fully saturated rings. The van der Waals surface area contributed by atoms with Crippen molar-refractivity contribution in [1.29, 1.82) is 0 Å². The number of rotatable bonds is 2. The van der Waals surface area contributed by atoms with Crippen molar-refractivity contribution in [3.63, 3.8) is 0 Å². The fraction of sp³-hybridized carbons (Fsp3) is 0.412. The highest BCUT2D eigenvalue weighted by Crippen LogP contribution is 2.35. The average Bonchev–Trinajstić information content (AvgIpc) is 3.02. The predicted octanol–water partition coefficient (Wildman–Crippen LogP) is 2.26. The second kappa shape index (κ2) is 5.98. The first-order chi connectivity index (χ1) is 11.3.